The van der Waals surface area contributed by atoms with E-state index in [0.29, 0.717) is 22.6 Å². The lowest BCUT2D eigenvalue weighted by atomic mass is 9.92. The normalized spacial score (nSPS) is 38.7. The van der Waals surface area contributed by atoms with Crippen molar-refractivity contribution in [3.63, 3.8) is 0 Å². The molecule has 2 rings (SSSR count). The molecule has 2 heterocycles. The van der Waals surface area contributed by atoms with Crippen LogP contribution in [0.3, 0.4) is 0 Å². The smallest absolute Gasteiger partial charge is 0.0721 e. The van der Waals surface area contributed by atoms with Crippen molar-refractivity contribution in [1.29, 1.82) is 0 Å². The summed E-state index contributed by atoms with van der Waals surface area (Å²) >= 11 is 11.4. The van der Waals surface area contributed by atoms with E-state index in [1.165, 1.54) is 0 Å². The molecule has 0 saturated carbocycles. The Kier molecular flexibility index (Phi) is 4.06. The third-order valence-electron chi connectivity index (χ3n) is 3.14. The van der Waals surface area contributed by atoms with E-state index in [9.17, 15) is 0 Å². The Labute approximate surface area is 105 Å². The third-order valence-corrected chi connectivity index (χ3v) is 5.15. The van der Waals surface area contributed by atoms with Gasteiger partial charge >= 0.3 is 0 Å². The Bertz CT molecular complexity index is 300. The van der Waals surface area contributed by atoms with E-state index in [1.807, 2.05) is 11.8 Å². The van der Waals surface area contributed by atoms with Gasteiger partial charge in [0.2, 0.25) is 0 Å². The van der Waals surface area contributed by atoms with Gasteiger partial charge in [-0.2, -0.15) is 11.8 Å². The lowest BCUT2D eigenvalue weighted by molar-refractivity contribution is 0.411. The van der Waals surface area contributed by atoms with E-state index in [0.717, 1.165) is 25.7 Å². The van der Waals surface area contributed by atoms with Crippen LogP contribution in [0.2, 0.25) is 0 Å². The molecule has 2 saturated heterocycles. The van der Waals surface area contributed by atoms with Crippen LogP contribution >= 0.6 is 36.2 Å². The summed E-state index contributed by atoms with van der Waals surface area (Å²) in [5.74, 6) is 0. The molecule has 2 fully saturated rings. The highest BCUT2D eigenvalue weighted by Gasteiger charge is 2.38. The summed E-state index contributed by atoms with van der Waals surface area (Å²) in [6.07, 6.45) is 4.57. The topological polar surface area (TPSA) is 24.7 Å². The fourth-order valence-electron chi connectivity index (χ4n) is 2.40. The maximum Gasteiger partial charge on any atom is 0.0721 e. The van der Waals surface area contributed by atoms with Crippen LogP contribution in [0, 0.1) is 0 Å². The maximum atomic E-state index is 4.68. The van der Waals surface area contributed by atoms with Gasteiger partial charge in [-0.15, -0.1) is 0 Å². The van der Waals surface area contributed by atoms with E-state index in [4.69, 9.17) is 0 Å². The molecule has 2 aliphatic heterocycles. The molecule has 0 N–H and O–H groups in total. The third kappa shape index (κ3) is 2.55. The summed E-state index contributed by atoms with van der Waals surface area (Å²) in [5, 5.41) is 6.28. The minimum atomic E-state index is 0.390. The highest BCUT2D eigenvalue weighted by Crippen LogP contribution is 2.43. The second-order valence-corrected chi connectivity index (χ2v) is 5.79. The summed E-state index contributed by atoms with van der Waals surface area (Å²) in [4.78, 5) is 8.50. The van der Waals surface area contributed by atoms with Crippen molar-refractivity contribution in [3.05, 3.63) is 0 Å². The average molecular weight is 256 g/mol. The molecule has 0 aromatic rings. The standard InChI is InChI=1S/C10H12N2S3/c13-5-11-7-1-3-9-8(12-6-14)2-4-10(7)15-9/h7-10H,1-4H2. The number of rotatable bonds is 2. The number of thioether (sulfide) groups is 1. The van der Waals surface area contributed by atoms with Crippen LogP contribution < -0.4 is 0 Å². The van der Waals surface area contributed by atoms with E-state index in [1.54, 1.807) is 0 Å². The molecule has 0 aromatic heterocycles. The zero-order chi connectivity index (χ0) is 10.7. The highest BCUT2D eigenvalue weighted by atomic mass is 32.2. The van der Waals surface area contributed by atoms with Gasteiger partial charge < -0.3 is 0 Å². The molecule has 0 spiro atoms. The molecule has 0 radical (unpaired) electrons. The van der Waals surface area contributed by atoms with Gasteiger partial charge in [-0.05, 0) is 50.1 Å². The Hall–Kier alpha value is -0.0500. The number of hydrogen-bond acceptors (Lipinski definition) is 5. The summed E-state index contributed by atoms with van der Waals surface area (Å²) in [6.45, 7) is 0. The van der Waals surface area contributed by atoms with E-state index >= 15 is 0 Å². The Balaban J connectivity index is 2.05. The fourth-order valence-corrected chi connectivity index (χ4v) is 4.42. The van der Waals surface area contributed by atoms with Gasteiger partial charge in [0.15, 0.2) is 0 Å². The van der Waals surface area contributed by atoms with Gasteiger partial charge in [0, 0.05) is 10.5 Å². The van der Waals surface area contributed by atoms with Gasteiger partial charge in [0.25, 0.3) is 0 Å². The van der Waals surface area contributed by atoms with Crippen LogP contribution in [0.15, 0.2) is 9.98 Å². The summed E-state index contributed by atoms with van der Waals surface area (Å²) in [7, 11) is 0. The Morgan fingerprint density at radius 3 is 1.73 bits per heavy atom. The second-order valence-electron chi connectivity index (χ2n) is 3.94. The first-order valence-corrected chi connectivity index (χ1v) is 6.90. The minimum Gasteiger partial charge on any atom is -0.228 e. The Morgan fingerprint density at radius 1 is 0.867 bits per heavy atom. The van der Waals surface area contributed by atoms with Crippen molar-refractivity contribution >= 4 is 46.5 Å². The first-order chi connectivity index (χ1) is 7.35. The fraction of sp³-hybridized carbons (Fsp3) is 0.800. The van der Waals surface area contributed by atoms with Crippen molar-refractivity contribution in [1.82, 2.24) is 0 Å². The number of fused-ring (bicyclic) bond motifs is 2. The second kappa shape index (κ2) is 5.33. The molecule has 4 unspecified atom stereocenters. The number of thiocarbonyl (C=S) groups is 2. The molecule has 0 aromatic carbocycles. The molecule has 4 atom stereocenters. The molecule has 2 nitrogen and oxygen atoms in total. The first-order valence-electron chi connectivity index (χ1n) is 5.14. The lowest BCUT2D eigenvalue weighted by Crippen LogP contribution is -2.40. The van der Waals surface area contributed by atoms with Crippen molar-refractivity contribution in [2.24, 2.45) is 9.98 Å². The molecule has 2 aliphatic rings. The molecule has 2 bridgehead atoms. The molecular weight excluding hydrogens is 244 g/mol. The van der Waals surface area contributed by atoms with E-state index in [-0.39, 0.29) is 0 Å². The first kappa shape index (κ1) is 11.4. The number of nitrogens with zero attached hydrogens (tertiary/aromatic N) is 2. The molecule has 15 heavy (non-hydrogen) atoms. The maximum absolute atomic E-state index is 4.68. The summed E-state index contributed by atoms with van der Waals surface area (Å²) in [5.41, 5.74) is 0. The number of isothiocyanates is 2. The number of hydrogen-bond donors (Lipinski definition) is 0. The van der Waals surface area contributed by atoms with Crippen LogP contribution in [0.4, 0.5) is 0 Å². The van der Waals surface area contributed by atoms with Gasteiger partial charge in [0.1, 0.15) is 0 Å². The van der Waals surface area contributed by atoms with Crippen LogP contribution in [-0.2, 0) is 0 Å². The highest BCUT2D eigenvalue weighted by molar-refractivity contribution is 8.00. The lowest BCUT2D eigenvalue weighted by Gasteiger charge is -2.40. The predicted octanol–water partition coefficient (Wildman–Crippen LogP) is 2.99. The average Bonchev–Trinajstić information content (AvgIpc) is 2.26. The van der Waals surface area contributed by atoms with Crippen LogP contribution in [0.5, 0.6) is 0 Å². The van der Waals surface area contributed by atoms with Crippen LogP contribution in [0.1, 0.15) is 25.7 Å². The van der Waals surface area contributed by atoms with Gasteiger partial charge in [0.05, 0.1) is 22.4 Å². The zero-order valence-corrected chi connectivity index (χ0v) is 10.7. The van der Waals surface area contributed by atoms with Crippen molar-refractivity contribution in [2.75, 3.05) is 0 Å². The van der Waals surface area contributed by atoms with Crippen molar-refractivity contribution in [3.8, 4) is 0 Å². The largest absolute Gasteiger partial charge is 0.228 e. The van der Waals surface area contributed by atoms with Gasteiger partial charge in [-0.1, -0.05) is 0 Å². The van der Waals surface area contributed by atoms with Crippen molar-refractivity contribution in [2.45, 2.75) is 48.3 Å². The van der Waals surface area contributed by atoms with Gasteiger partial charge in [-0.25, -0.2) is 9.98 Å². The van der Waals surface area contributed by atoms with Crippen molar-refractivity contribution < 1.29 is 0 Å². The van der Waals surface area contributed by atoms with E-state index in [2.05, 4.69) is 44.7 Å². The SMILES string of the molecule is S=C=NC1CCC2SC1CCC2N=C=S. The molecule has 0 amide bonds. The quantitative estimate of drug-likeness (QED) is 0.561. The molecular formula is C10H12N2S3. The Morgan fingerprint density at radius 2 is 1.33 bits per heavy atom. The summed E-state index contributed by atoms with van der Waals surface area (Å²) in [6, 6.07) is 0.780. The molecule has 5 heteroatoms. The number of aliphatic imine (C=N–C) groups is 2. The molecule has 80 valence electrons. The summed E-state index contributed by atoms with van der Waals surface area (Å²) < 4.78 is 0. The molecule has 0 aliphatic carbocycles. The minimum absolute atomic E-state index is 0.390. The predicted molar refractivity (Wildman–Crippen MR) is 71.3 cm³/mol. The van der Waals surface area contributed by atoms with Gasteiger partial charge in [-0.3, -0.25) is 0 Å². The zero-order valence-electron chi connectivity index (χ0n) is 8.26. The van der Waals surface area contributed by atoms with E-state index < -0.39 is 0 Å². The van der Waals surface area contributed by atoms with Crippen LogP contribution in [-0.4, -0.2) is 32.9 Å². The van der Waals surface area contributed by atoms with Crippen LogP contribution in [0.25, 0.3) is 0 Å². The monoisotopic (exact) mass is 256 g/mol.